The first kappa shape index (κ1) is 32.5. The molecule has 234 valence electrons. The van der Waals surface area contributed by atoms with Gasteiger partial charge in [0.2, 0.25) is 0 Å². The van der Waals surface area contributed by atoms with Crippen molar-refractivity contribution in [3.63, 3.8) is 0 Å². The summed E-state index contributed by atoms with van der Waals surface area (Å²) < 4.78 is 73.2. The fraction of sp³-hybridized carbons (Fsp3) is 0.323. The Balaban J connectivity index is 1.39. The molecule has 9 nitrogen and oxygen atoms in total. The lowest BCUT2D eigenvalue weighted by Crippen LogP contribution is -2.39. The van der Waals surface area contributed by atoms with E-state index in [9.17, 15) is 31.2 Å². The highest BCUT2D eigenvalue weighted by Gasteiger charge is 2.33. The van der Waals surface area contributed by atoms with Crippen LogP contribution < -0.4 is 19.8 Å². The van der Waals surface area contributed by atoms with Gasteiger partial charge in [-0.2, -0.15) is 18.3 Å². The zero-order chi connectivity index (χ0) is 31.7. The molecule has 13 heteroatoms. The van der Waals surface area contributed by atoms with Gasteiger partial charge in [-0.15, -0.1) is 0 Å². The second-order valence-electron chi connectivity index (χ2n) is 10.4. The quantitative estimate of drug-likeness (QED) is 0.224. The second kappa shape index (κ2) is 14.4. The predicted octanol–water partition coefficient (Wildman–Crippen LogP) is 5.19. The topological polar surface area (TPSA) is 117 Å². The molecule has 1 saturated carbocycles. The Morgan fingerprint density at radius 3 is 2.32 bits per heavy atom. The molecule has 0 bridgehead atoms. The summed E-state index contributed by atoms with van der Waals surface area (Å²) in [6, 6.07) is 16.2. The van der Waals surface area contributed by atoms with Crippen LogP contribution in [0.4, 0.5) is 18.9 Å². The molecular formula is C31H33F3N4O5S. The highest BCUT2D eigenvalue weighted by Crippen LogP contribution is 2.33. The van der Waals surface area contributed by atoms with Crippen molar-refractivity contribution in [2.75, 3.05) is 17.5 Å². The lowest BCUT2D eigenvalue weighted by Gasteiger charge is -2.24. The summed E-state index contributed by atoms with van der Waals surface area (Å²) in [6.07, 6.45) is 1.94. The van der Waals surface area contributed by atoms with E-state index in [-0.39, 0.29) is 29.1 Å². The van der Waals surface area contributed by atoms with Crippen molar-refractivity contribution >= 4 is 33.7 Å². The van der Waals surface area contributed by atoms with Crippen LogP contribution in [0.25, 0.3) is 0 Å². The number of anilines is 1. The predicted molar refractivity (Wildman–Crippen MR) is 160 cm³/mol. The maximum Gasteiger partial charge on any atom is 0.416 e. The number of benzene rings is 3. The van der Waals surface area contributed by atoms with Crippen molar-refractivity contribution in [1.29, 1.82) is 0 Å². The van der Waals surface area contributed by atoms with E-state index >= 15 is 0 Å². The number of hydrazone groups is 1. The minimum absolute atomic E-state index is 0.117. The first-order chi connectivity index (χ1) is 20.9. The number of amides is 2. The molecule has 0 aromatic heterocycles. The van der Waals surface area contributed by atoms with E-state index in [0.717, 1.165) is 43.4 Å². The number of hydrogen-bond acceptors (Lipinski definition) is 6. The van der Waals surface area contributed by atoms with Crippen molar-refractivity contribution in [2.45, 2.75) is 56.1 Å². The number of hydrogen-bond donors (Lipinski definition) is 2. The van der Waals surface area contributed by atoms with E-state index in [1.165, 1.54) is 30.8 Å². The van der Waals surface area contributed by atoms with Gasteiger partial charge < -0.3 is 10.1 Å². The Morgan fingerprint density at radius 1 is 0.977 bits per heavy atom. The molecule has 3 aromatic carbocycles. The van der Waals surface area contributed by atoms with Gasteiger partial charge in [-0.25, -0.2) is 13.8 Å². The van der Waals surface area contributed by atoms with E-state index in [4.69, 9.17) is 4.74 Å². The highest BCUT2D eigenvalue weighted by atomic mass is 32.2. The molecule has 0 unspecified atom stereocenters. The lowest BCUT2D eigenvalue weighted by atomic mass is 9.95. The summed E-state index contributed by atoms with van der Waals surface area (Å²) in [4.78, 5) is 24.7. The SMILES string of the molecule is Cc1ccc(S(=O)(=O)N(CC(=O)N/N=C\c2ccc(OCC(=O)NC3CCCCC3)cc2)c2cccc(C(F)(F)F)c2)cc1. The Kier molecular flexibility index (Phi) is 10.6. The zero-order valence-electron chi connectivity index (χ0n) is 24.0. The molecule has 1 aliphatic carbocycles. The molecule has 0 heterocycles. The van der Waals surface area contributed by atoms with Gasteiger partial charge in [-0.1, -0.05) is 43.0 Å². The maximum absolute atomic E-state index is 13.5. The van der Waals surface area contributed by atoms with Gasteiger partial charge in [-0.3, -0.25) is 13.9 Å². The molecule has 0 saturated heterocycles. The fourth-order valence-electron chi connectivity index (χ4n) is 4.65. The number of carbonyl (C=O) groups is 2. The smallest absolute Gasteiger partial charge is 0.416 e. The molecule has 0 spiro atoms. The summed E-state index contributed by atoms with van der Waals surface area (Å²) in [5, 5.41) is 6.83. The number of rotatable bonds is 11. The van der Waals surface area contributed by atoms with Crippen LogP contribution in [0.15, 0.2) is 82.8 Å². The third-order valence-electron chi connectivity index (χ3n) is 6.98. The molecule has 1 fully saturated rings. The van der Waals surface area contributed by atoms with Gasteiger partial charge in [0.25, 0.3) is 21.8 Å². The summed E-state index contributed by atoms with van der Waals surface area (Å²) >= 11 is 0. The van der Waals surface area contributed by atoms with Gasteiger partial charge in [-0.05, 0) is 79.9 Å². The van der Waals surface area contributed by atoms with E-state index in [2.05, 4.69) is 15.8 Å². The van der Waals surface area contributed by atoms with Crippen LogP contribution in [-0.4, -0.2) is 45.6 Å². The summed E-state index contributed by atoms with van der Waals surface area (Å²) in [6.45, 7) is 0.808. The number of nitrogens with zero attached hydrogens (tertiary/aromatic N) is 2. The van der Waals surface area contributed by atoms with Gasteiger partial charge in [0.15, 0.2) is 6.61 Å². The molecule has 0 radical (unpaired) electrons. The number of nitrogens with one attached hydrogen (secondary N) is 2. The van der Waals surface area contributed by atoms with Crippen molar-refractivity contribution in [3.8, 4) is 5.75 Å². The third kappa shape index (κ3) is 9.06. The van der Waals surface area contributed by atoms with Gasteiger partial charge in [0.1, 0.15) is 12.3 Å². The Hall–Kier alpha value is -4.39. The number of alkyl halides is 3. The van der Waals surface area contributed by atoms with Crippen LogP contribution in [0.3, 0.4) is 0 Å². The molecule has 4 rings (SSSR count). The highest BCUT2D eigenvalue weighted by molar-refractivity contribution is 7.92. The summed E-state index contributed by atoms with van der Waals surface area (Å²) in [5.74, 6) is -0.602. The monoisotopic (exact) mass is 630 g/mol. The van der Waals surface area contributed by atoms with E-state index in [0.29, 0.717) is 21.7 Å². The number of aryl methyl sites for hydroxylation is 1. The average molecular weight is 631 g/mol. The van der Waals surface area contributed by atoms with E-state index in [1.807, 2.05) is 0 Å². The van der Waals surface area contributed by atoms with Gasteiger partial charge in [0, 0.05) is 6.04 Å². The first-order valence-corrected chi connectivity index (χ1v) is 15.5. The van der Waals surface area contributed by atoms with E-state index in [1.54, 1.807) is 43.3 Å². The number of ether oxygens (including phenoxy) is 1. The molecule has 0 atom stereocenters. The van der Waals surface area contributed by atoms with Gasteiger partial charge in [0.05, 0.1) is 22.4 Å². The lowest BCUT2D eigenvalue weighted by molar-refractivity contribution is -0.137. The molecule has 0 aliphatic heterocycles. The van der Waals surface area contributed by atoms with Crippen LogP contribution in [0.1, 0.15) is 48.8 Å². The fourth-order valence-corrected chi connectivity index (χ4v) is 6.06. The van der Waals surface area contributed by atoms with Crippen LogP contribution >= 0.6 is 0 Å². The van der Waals surface area contributed by atoms with Crippen LogP contribution in [0.2, 0.25) is 0 Å². The molecule has 3 aromatic rings. The standard InChI is InChI=1S/C31H33F3N4O5S/c1-22-10-16-28(17-11-22)44(41,42)38(26-9-5-6-24(18-26)31(32,33)34)20-29(39)37-35-19-23-12-14-27(15-13-23)43-21-30(40)36-25-7-3-2-4-8-25/h5-6,9-19,25H,2-4,7-8,20-21H2,1H3,(H,36,40)(H,37,39)/b35-19-. The Bertz CT molecular complexity index is 1570. The number of sulfonamides is 1. The molecule has 2 N–H and O–H groups in total. The summed E-state index contributed by atoms with van der Waals surface area (Å²) in [5.41, 5.74) is 2.17. The van der Waals surface area contributed by atoms with Crippen molar-refractivity contribution < 1.29 is 35.9 Å². The third-order valence-corrected chi connectivity index (χ3v) is 8.77. The summed E-state index contributed by atoms with van der Waals surface area (Å²) in [7, 11) is -4.42. The number of carbonyl (C=O) groups excluding carboxylic acids is 2. The maximum atomic E-state index is 13.5. The average Bonchev–Trinajstić information content (AvgIpc) is 3.00. The van der Waals surface area contributed by atoms with Crippen molar-refractivity contribution in [2.24, 2.45) is 5.10 Å². The van der Waals surface area contributed by atoms with Crippen molar-refractivity contribution in [3.05, 3.63) is 89.5 Å². The molecule has 44 heavy (non-hydrogen) atoms. The minimum atomic E-state index is -4.72. The number of halogens is 3. The normalized spacial score (nSPS) is 14.3. The minimum Gasteiger partial charge on any atom is -0.484 e. The van der Waals surface area contributed by atoms with Crippen molar-refractivity contribution in [1.82, 2.24) is 10.7 Å². The van der Waals surface area contributed by atoms with Gasteiger partial charge >= 0.3 is 6.18 Å². The Morgan fingerprint density at radius 2 is 1.66 bits per heavy atom. The Labute approximate surface area is 254 Å². The first-order valence-electron chi connectivity index (χ1n) is 14.0. The molecule has 2 amide bonds. The largest absolute Gasteiger partial charge is 0.484 e. The van der Waals surface area contributed by atoms with Crippen LogP contribution in [-0.2, 0) is 25.8 Å². The van der Waals surface area contributed by atoms with E-state index < -0.39 is 34.2 Å². The molecular weight excluding hydrogens is 597 g/mol. The molecule has 1 aliphatic rings. The second-order valence-corrected chi connectivity index (χ2v) is 12.3. The zero-order valence-corrected chi connectivity index (χ0v) is 24.8. The van der Waals surface area contributed by atoms with Crippen LogP contribution in [0, 0.1) is 6.92 Å². The van der Waals surface area contributed by atoms with Crippen LogP contribution in [0.5, 0.6) is 5.75 Å².